The van der Waals surface area contributed by atoms with Gasteiger partial charge in [0.05, 0.1) is 13.2 Å². The van der Waals surface area contributed by atoms with Crippen molar-refractivity contribution in [3.05, 3.63) is 45.5 Å². The molecule has 2 aliphatic rings. The van der Waals surface area contributed by atoms with Gasteiger partial charge in [-0.2, -0.15) is 9.97 Å². The van der Waals surface area contributed by atoms with Crippen LogP contribution >= 0.6 is 15.6 Å². The van der Waals surface area contributed by atoms with Crippen molar-refractivity contribution in [3.8, 4) is 0 Å². The van der Waals surface area contributed by atoms with Crippen molar-refractivity contribution in [3.63, 3.8) is 0 Å². The Kier molecular flexibility index (Phi) is 9.65. The first-order valence-electron chi connectivity index (χ1n) is 11.9. The molecule has 2 aromatic rings. The number of aromatic nitrogens is 4. The van der Waals surface area contributed by atoms with E-state index in [0.717, 1.165) is 15.3 Å². The largest absolute Gasteiger partial charge is 0.472 e. The molecule has 9 atom stereocenters. The molecule has 42 heavy (non-hydrogen) atoms. The maximum absolute atomic E-state index is 13.0. The van der Waals surface area contributed by atoms with Gasteiger partial charge in [-0.05, 0) is 12.1 Å². The molecule has 2 aliphatic heterocycles. The molecule has 0 aliphatic carbocycles. The van der Waals surface area contributed by atoms with Gasteiger partial charge in [-0.25, -0.2) is 18.7 Å². The second-order valence-electron chi connectivity index (χ2n) is 8.98. The Morgan fingerprint density at radius 1 is 0.905 bits per heavy atom. The standard InChI is InChI=1S/C19H28N6O15P2/c1-35-15-14(8(6-26)37-17(15)25-5-3-11(21)23-19(25)29)40-42(33,34)36-7-9-13(39-41(30,31)32)12(27)16(38-9)24-4-2-10(20)22-18(24)28/h2-5,8-9,12-17,26-27H,6-7H2,1H3,(H,33,34)(H2,20,22,28)(H2,21,23,29)(H2,30,31,32)/t8-,9-,12-,13-,14-,15-,16-,17-/m1/s1. The van der Waals surface area contributed by atoms with E-state index in [1.807, 2.05) is 0 Å². The van der Waals surface area contributed by atoms with Crippen LogP contribution in [-0.4, -0.2) is 101 Å². The summed E-state index contributed by atoms with van der Waals surface area (Å²) in [6.07, 6.45) is -10.1. The van der Waals surface area contributed by atoms with Crippen LogP contribution in [0.4, 0.5) is 11.6 Å². The van der Waals surface area contributed by atoms with E-state index in [9.17, 15) is 43.6 Å². The Bertz CT molecular complexity index is 1480. The lowest BCUT2D eigenvalue weighted by Gasteiger charge is -2.26. The lowest BCUT2D eigenvalue weighted by Crippen LogP contribution is -2.39. The van der Waals surface area contributed by atoms with Crippen molar-refractivity contribution in [1.29, 1.82) is 0 Å². The van der Waals surface area contributed by atoms with Crippen LogP contribution in [0.5, 0.6) is 0 Å². The summed E-state index contributed by atoms with van der Waals surface area (Å²) in [5.41, 5.74) is 9.11. The predicted molar refractivity (Wildman–Crippen MR) is 135 cm³/mol. The molecule has 9 N–H and O–H groups in total. The number of hydrogen-bond acceptors (Lipinski definition) is 16. The van der Waals surface area contributed by atoms with E-state index < -0.39 is 89.3 Å². The number of methoxy groups -OCH3 is 1. The Morgan fingerprint density at radius 3 is 1.95 bits per heavy atom. The van der Waals surface area contributed by atoms with Gasteiger partial charge < -0.3 is 50.6 Å². The number of nitrogen functional groups attached to an aromatic ring is 2. The number of ether oxygens (including phenoxy) is 3. The summed E-state index contributed by atoms with van der Waals surface area (Å²) in [7, 11) is -9.23. The number of nitrogens with zero attached hydrogens (tertiary/aromatic N) is 4. The summed E-state index contributed by atoms with van der Waals surface area (Å²) in [4.78, 5) is 60.7. The minimum atomic E-state index is -5.27. The molecule has 234 valence electrons. The van der Waals surface area contributed by atoms with Crippen LogP contribution in [0.1, 0.15) is 12.5 Å². The number of nitrogens with two attached hydrogens (primary N) is 2. The summed E-state index contributed by atoms with van der Waals surface area (Å²) in [6.45, 7) is -1.72. The maximum atomic E-state index is 13.0. The fraction of sp³-hybridized carbons (Fsp3) is 0.579. The van der Waals surface area contributed by atoms with Gasteiger partial charge in [-0.15, -0.1) is 0 Å². The van der Waals surface area contributed by atoms with Gasteiger partial charge in [0, 0.05) is 19.5 Å². The number of hydrogen-bond donors (Lipinski definition) is 7. The number of phosphoric acid groups is 2. The molecule has 0 amide bonds. The van der Waals surface area contributed by atoms with E-state index in [-0.39, 0.29) is 11.6 Å². The molecule has 4 rings (SSSR count). The van der Waals surface area contributed by atoms with Gasteiger partial charge >= 0.3 is 27.0 Å². The normalized spacial score (nSPS) is 31.3. The summed E-state index contributed by atoms with van der Waals surface area (Å²) >= 11 is 0. The topological polar surface area (TPSA) is 312 Å². The van der Waals surface area contributed by atoms with Gasteiger partial charge in [0.1, 0.15) is 48.3 Å². The Morgan fingerprint density at radius 2 is 1.45 bits per heavy atom. The van der Waals surface area contributed by atoms with Gasteiger partial charge in [0.15, 0.2) is 12.5 Å². The van der Waals surface area contributed by atoms with E-state index in [1.165, 1.54) is 25.4 Å². The van der Waals surface area contributed by atoms with Crippen molar-refractivity contribution < 1.29 is 61.8 Å². The number of aliphatic hydroxyl groups is 2. The number of phosphoric ester groups is 2. The lowest BCUT2D eigenvalue weighted by molar-refractivity contribution is -0.0624. The number of rotatable bonds is 11. The molecule has 0 spiro atoms. The highest BCUT2D eigenvalue weighted by Gasteiger charge is 2.52. The average molecular weight is 642 g/mol. The molecule has 21 nitrogen and oxygen atoms in total. The zero-order chi connectivity index (χ0) is 31.0. The number of aliphatic hydroxyl groups excluding tert-OH is 2. The van der Waals surface area contributed by atoms with E-state index >= 15 is 0 Å². The van der Waals surface area contributed by atoms with Crippen LogP contribution in [0.3, 0.4) is 0 Å². The summed E-state index contributed by atoms with van der Waals surface area (Å²) in [5, 5.41) is 20.5. The third-order valence-electron chi connectivity index (χ3n) is 6.21. The smallest absolute Gasteiger partial charge is 0.394 e. The second-order valence-corrected chi connectivity index (χ2v) is 11.6. The molecule has 0 aromatic carbocycles. The zero-order valence-electron chi connectivity index (χ0n) is 21.5. The second kappa shape index (κ2) is 12.5. The summed E-state index contributed by atoms with van der Waals surface area (Å²) in [5.74, 6) is -0.237. The molecule has 23 heteroatoms. The molecule has 2 saturated heterocycles. The maximum Gasteiger partial charge on any atom is 0.472 e. The Balaban J connectivity index is 1.52. The van der Waals surface area contributed by atoms with E-state index in [4.69, 9.17) is 34.7 Å². The first kappa shape index (κ1) is 32.3. The highest BCUT2D eigenvalue weighted by molar-refractivity contribution is 7.47. The van der Waals surface area contributed by atoms with Crippen molar-refractivity contribution in [1.82, 2.24) is 19.1 Å². The van der Waals surface area contributed by atoms with Crippen molar-refractivity contribution in [2.75, 3.05) is 31.8 Å². The molecular formula is C19H28N6O15P2. The highest BCUT2D eigenvalue weighted by Crippen LogP contribution is 2.50. The molecule has 2 aromatic heterocycles. The van der Waals surface area contributed by atoms with Gasteiger partial charge in [0.2, 0.25) is 0 Å². The fourth-order valence-corrected chi connectivity index (χ4v) is 5.96. The third-order valence-corrected chi connectivity index (χ3v) is 7.72. The lowest BCUT2D eigenvalue weighted by atomic mass is 10.1. The molecule has 1 unspecified atom stereocenters. The van der Waals surface area contributed by atoms with E-state index in [1.54, 1.807) is 0 Å². The summed E-state index contributed by atoms with van der Waals surface area (Å²) < 4.78 is 57.4. The van der Waals surface area contributed by atoms with Crippen LogP contribution < -0.4 is 22.8 Å². The first-order valence-corrected chi connectivity index (χ1v) is 14.9. The molecule has 4 heterocycles. The number of anilines is 2. The molecule has 0 saturated carbocycles. The molecule has 0 bridgehead atoms. The van der Waals surface area contributed by atoms with Crippen LogP contribution in [-0.2, 0) is 36.9 Å². The predicted octanol–water partition coefficient (Wildman–Crippen LogP) is -3.19. The van der Waals surface area contributed by atoms with Gasteiger partial charge in [-0.3, -0.25) is 22.7 Å². The first-order chi connectivity index (χ1) is 19.6. The van der Waals surface area contributed by atoms with Crippen molar-refractivity contribution in [2.45, 2.75) is 49.1 Å². The molecule has 0 radical (unpaired) electrons. The van der Waals surface area contributed by atoms with Crippen LogP contribution in [0.25, 0.3) is 0 Å². The Labute approximate surface area is 235 Å². The minimum absolute atomic E-state index is 0.0805. The quantitative estimate of drug-likeness (QED) is 0.119. The van der Waals surface area contributed by atoms with Gasteiger partial charge in [0.25, 0.3) is 0 Å². The summed E-state index contributed by atoms with van der Waals surface area (Å²) in [6, 6.07) is 2.47. The van der Waals surface area contributed by atoms with Crippen molar-refractivity contribution in [2.24, 2.45) is 0 Å². The minimum Gasteiger partial charge on any atom is -0.394 e. The SMILES string of the molecule is CO[C@@H]1[C@H](OP(=O)(O)OC[C@H]2O[C@@H](n3ccc(N)nc3=O)[C@H](O)[C@@H]2OP(=O)(O)O)[C@@H](CO)O[C@H]1n1ccc(N)nc1=O. The van der Waals surface area contributed by atoms with Crippen molar-refractivity contribution >= 4 is 27.3 Å². The highest BCUT2D eigenvalue weighted by atomic mass is 31.2. The third kappa shape index (κ3) is 7.12. The monoisotopic (exact) mass is 642 g/mol. The Hall–Kier alpha value is -2.62. The van der Waals surface area contributed by atoms with Gasteiger partial charge in [-0.1, -0.05) is 0 Å². The van der Waals surface area contributed by atoms with Crippen LogP contribution in [0.15, 0.2) is 34.1 Å². The average Bonchev–Trinajstić information content (AvgIpc) is 3.38. The van der Waals surface area contributed by atoms with E-state index in [2.05, 4.69) is 14.5 Å². The molecular weight excluding hydrogens is 614 g/mol. The fourth-order valence-electron chi connectivity index (χ4n) is 4.42. The van der Waals surface area contributed by atoms with Crippen LogP contribution in [0.2, 0.25) is 0 Å². The van der Waals surface area contributed by atoms with Crippen LogP contribution in [0, 0.1) is 0 Å². The van der Waals surface area contributed by atoms with E-state index in [0.29, 0.717) is 0 Å². The molecule has 2 fully saturated rings. The zero-order valence-corrected chi connectivity index (χ0v) is 23.3.